The molecule has 2 amide bonds. The number of nitrogens with zero attached hydrogens (tertiary/aromatic N) is 10. The van der Waals surface area contributed by atoms with Crippen molar-refractivity contribution in [1.82, 2.24) is 49.2 Å². The molecule has 0 radical (unpaired) electrons. The Morgan fingerprint density at radius 3 is 1.80 bits per heavy atom. The number of ether oxygens (including phenoxy) is 2. The van der Waals surface area contributed by atoms with E-state index in [0.29, 0.717) is 16.8 Å². The van der Waals surface area contributed by atoms with Gasteiger partial charge in [0.15, 0.2) is 48.5 Å². The summed E-state index contributed by atoms with van der Waals surface area (Å²) in [4.78, 5) is 56.7. The van der Waals surface area contributed by atoms with Gasteiger partial charge in [-0.2, -0.15) is 5.26 Å². The molecular weight excluding hydrogens is 1030 g/mol. The average Bonchev–Trinajstić information content (AvgIpc) is 4.17. The number of hydrogen-bond donors (Lipinski definition) is 4. The molecule has 0 aliphatic carbocycles. The number of nitriles is 1. The fraction of sp³-hybridized carbons (Fsp3) is 0.447. The van der Waals surface area contributed by atoms with Crippen molar-refractivity contribution in [3.05, 3.63) is 109 Å². The Balaban J connectivity index is 1.08. The first kappa shape index (κ1) is 53.6. The van der Waals surface area contributed by atoms with Crippen LogP contribution >= 0.6 is 15.5 Å². The number of rotatable bonds is 14. The Morgan fingerprint density at radius 2 is 1.28 bits per heavy atom. The summed E-state index contributed by atoms with van der Waals surface area (Å²) in [7, 11) is -11.8. The third-order valence-electron chi connectivity index (χ3n) is 13.5. The smallest absolute Gasteiger partial charge is 0.406 e. The van der Waals surface area contributed by atoms with E-state index in [-0.39, 0.29) is 59.5 Å². The second-order valence-electron chi connectivity index (χ2n) is 19.4. The van der Waals surface area contributed by atoms with Crippen molar-refractivity contribution < 1.29 is 50.7 Å². The first-order chi connectivity index (χ1) is 35.9. The van der Waals surface area contributed by atoms with Crippen LogP contribution in [-0.2, 0) is 41.1 Å². The van der Waals surface area contributed by atoms with Gasteiger partial charge in [0.2, 0.25) is 6.54 Å². The minimum absolute atomic E-state index is 0.128. The van der Waals surface area contributed by atoms with Gasteiger partial charge in [-0.25, -0.2) is 55.8 Å². The van der Waals surface area contributed by atoms with E-state index >= 15 is 9.13 Å². The molecule has 2 aromatic carbocycles. The Kier molecular flexibility index (Phi) is 15.8. The summed E-state index contributed by atoms with van der Waals surface area (Å²) in [6.07, 6.45) is 0.0515. The molecule has 9 rings (SSSR count). The van der Waals surface area contributed by atoms with Crippen LogP contribution in [0.5, 0.6) is 0 Å². The lowest BCUT2D eigenvalue weighted by Crippen LogP contribution is -2.53. The van der Waals surface area contributed by atoms with Gasteiger partial charge in [0.05, 0.1) is 57.0 Å². The van der Waals surface area contributed by atoms with Crippen molar-refractivity contribution in [3.8, 4) is 6.07 Å². The van der Waals surface area contributed by atoms with Gasteiger partial charge in [0, 0.05) is 17.0 Å². The molecule has 4 aromatic heterocycles. The number of carbonyl (C=O) groups is 2. The molecule has 3 saturated heterocycles. The number of carbonyl (C=O) groups excluding carboxylic acids is 2. The Labute approximate surface area is 432 Å². The van der Waals surface area contributed by atoms with Crippen molar-refractivity contribution in [2.45, 2.75) is 95.1 Å². The van der Waals surface area contributed by atoms with Gasteiger partial charge in [0.1, 0.15) is 43.8 Å². The van der Waals surface area contributed by atoms with Crippen LogP contribution in [0.1, 0.15) is 67.3 Å². The van der Waals surface area contributed by atoms with Gasteiger partial charge in [-0.05, 0) is 42.4 Å². The van der Waals surface area contributed by atoms with Crippen molar-refractivity contribution in [2.24, 2.45) is 5.92 Å². The molecule has 7 heterocycles. The van der Waals surface area contributed by atoms with E-state index in [1.54, 1.807) is 69.8 Å². The van der Waals surface area contributed by atoms with E-state index in [1.165, 1.54) is 25.3 Å². The molecule has 3 aliphatic rings. The fourth-order valence-electron chi connectivity index (χ4n) is 8.62. The van der Waals surface area contributed by atoms with Crippen molar-refractivity contribution >= 4 is 69.6 Å². The second-order valence-corrected chi connectivity index (χ2v) is 27.7. The Bertz CT molecular complexity index is 3220. The molecule has 0 bridgehead atoms. The van der Waals surface area contributed by atoms with Gasteiger partial charge in [-0.1, -0.05) is 64.1 Å². The van der Waals surface area contributed by atoms with Gasteiger partial charge in [-0.15, -0.1) is 0 Å². The van der Waals surface area contributed by atoms with E-state index in [0.717, 1.165) is 0 Å². The van der Waals surface area contributed by atoms with Crippen LogP contribution in [0.4, 0.5) is 11.6 Å². The molecule has 3 aliphatic heterocycles. The standard InChI is InChI=1S/C47H56N14O11P2Si/c1-29-34-32(70-45(29)60-27-54-36-39(50-25-52-41(36)60)56-43(62)30-15-10-8-11-16-30)23-68-74(65,66-21-14-19-48)59-35-33(24-69-73(64,58-34)67-22-20-49-5)71-46(38(35)72-75(6,7)47(2,3)4)61-28-55-37-40(51-26-53-42(37)61)57-44(63)31-17-12-9-13-18-31/h8-13,15-18,25-29,32-35,38,45-46H,14,20-24H2,1-4,6-7H3,(H,58,64)(H,59,65)(H,50,52,56,62)(H,51,53,57,63)/t29-,32-,33-,34+,35-,38-,45-,46-,73?,74?/m1/s1. The lowest BCUT2D eigenvalue weighted by Gasteiger charge is -2.41. The van der Waals surface area contributed by atoms with E-state index in [2.05, 4.69) is 76.3 Å². The molecule has 25 nitrogen and oxygen atoms in total. The molecule has 28 heteroatoms. The second kappa shape index (κ2) is 22.2. The number of aromatic nitrogens is 8. The number of anilines is 2. The Hall–Kier alpha value is -6.22. The summed E-state index contributed by atoms with van der Waals surface area (Å²) in [5.74, 6) is -1.18. The van der Waals surface area contributed by atoms with Crippen molar-refractivity contribution in [2.75, 3.05) is 43.6 Å². The molecule has 75 heavy (non-hydrogen) atoms. The van der Waals surface area contributed by atoms with Crippen LogP contribution in [0.15, 0.2) is 86.0 Å². The number of imidazole rings is 2. The average molecular weight is 1080 g/mol. The van der Waals surface area contributed by atoms with Crippen LogP contribution in [0.25, 0.3) is 27.2 Å². The van der Waals surface area contributed by atoms with Crippen LogP contribution in [-0.4, -0.2) is 123 Å². The zero-order valence-corrected chi connectivity index (χ0v) is 44.6. The van der Waals surface area contributed by atoms with Gasteiger partial charge < -0.3 is 29.4 Å². The van der Waals surface area contributed by atoms with E-state index in [4.69, 9.17) is 38.6 Å². The maximum Gasteiger partial charge on any atom is 0.406 e. The number of benzene rings is 2. The topological polar surface area (TPSA) is 296 Å². The van der Waals surface area contributed by atoms with Crippen molar-refractivity contribution in [1.29, 1.82) is 5.26 Å². The quantitative estimate of drug-likeness (QED) is 0.0368. The summed E-state index contributed by atoms with van der Waals surface area (Å²) in [6, 6.07) is 17.2. The molecular formula is C47H56N14O11P2Si. The maximum atomic E-state index is 15.4. The molecule has 2 unspecified atom stereocenters. The Morgan fingerprint density at radius 1 is 0.787 bits per heavy atom. The van der Waals surface area contributed by atoms with Gasteiger partial charge >= 0.3 is 15.5 Å². The van der Waals surface area contributed by atoms with E-state index in [1.807, 2.05) is 26.1 Å². The third-order valence-corrected chi connectivity index (χ3v) is 21.2. The fourth-order valence-corrected chi connectivity index (χ4v) is 13.1. The molecule has 6 aromatic rings. The first-order valence-electron chi connectivity index (χ1n) is 24.0. The highest BCUT2D eigenvalue weighted by molar-refractivity contribution is 7.52. The molecule has 0 saturated carbocycles. The summed E-state index contributed by atoms with van der Waals surface area (Å²) in [5.41, 5.74) is 1.83. The number of fused-ring (bicyclic) bond motifs is 4. The molecule has 3 fully saturated rings. The van der Waals surface area contributed by atoms with Crippen molar-refractivity contribution in [3.63, 3.8) is 0 Å². The largest absolute Gasteiger partial charge is 0.408 e. The minimum atomic E-state index is -4.52. The van der Waals surface area contributed by atoms with Crippen LogP contribution < -0.4 is 20.8 Å². The summed E-state index contributed by atoms with van der Waals surface area (Å²) < 4.78 is 79.3. The van der Waals surface area contributed by atoms with E-state index in [9.17, 15) is 14.9 Å². The highest BCUT2D eigenvalue weighted by atomic mass is 31.2. The summed E-state index contributed by atoms with van der Waals surface area (Å²) >= 11 is 0. The molecule has 4 N–H and O–H groups in total. The SMILES string of the molecule is [C-]#[N+]CCOP1(=O)N[C@H]2[C@@H](C)[C@H](n3cnc4c(NC(=O)c5ccccc5)ncnc43)O[C@@H]2COP(=O)(OCCC#N)N[C@H]2[C@@H](O[Si](C)(C)C(C)(C)C)[C@H](n3cnc4c(NC(=O)c5ccccc5)ncnc43)O[C@@H]2CO1. The zero-order chi connectivity index (χ0) is 53.1. The normalized spacial score (nSPS) is 27.3. The summed E-state index contributed by atoms with van der Waals surface area (Å²) in [6.45, 7) is 17.8. The highest BCUT2D eigenvalue weighted by Crippen LogP contribution is 2.54. The zero-order valence-electron chi connectivity index (χ0n) is 41.8. The van der Waals surface area contributed by atoms with Gasteiger partial charge in [0.25, 0.3) is 11.8 Å². The number of hydrogen-bond acceptors (Lipinski definition) is 18. The number of nitrogens with one attached hydrogen (secondary N) is 4. The number of amides is 2. The molecule has 10 atom stereocenters. The van der Waals surface area contributed by atoms with Gasteiger partial charge in [-0.3, -0.25) is 36.8 Å². The minimum Gasteiger partial charge on any atom is -0.408 e. The predicted molar refractivity (Wildman–Crippen MR) is 273 cm³/mol. The van der Waals surface area contributed by atoms with Crippen LogP contribution in [0.3, 0.4) is 0 Å². The highest BCUT2D eigenvalue weighted by Gasteiger charge is 2.56. The van der Waals surface area contributed by atoms with Crippen LogP contribution in [0, 0.1) is 23.8 Å². The summed E-state index contributed by atoms with van der Waals surface area (Å²) in [5, 5.41) is 21.0. The molecule has 0 spiro atoms. The predicted octanol–water partition coefficient (Wildman–Crippen LogP) is 7.04. The lowest BCUT2D eigenvalue weighted by molar-refractivity contribution is -0.0457. The third kappa shape index (κ3) is 11.5. The molecule has 394 valence electrons. The van der Waals surface area contributed by atoms with Crippen LogP contribution in [0.2, 0.25) is 18.1 Å². The lowest BCUT2D eigenvalue weighted by atomic mass is 10.00. The monoisotopic (exact) mass is 1080 g/mol. The first-order valence-corrected chi connectivity index (χ1v) is 30.0. The van der Waals surface area contributed by atoms with E-state index < -0.39 is 97.6 Å². The maximum absolute atomic E-state index is 15.4.